The number of para-hydroxylation sites is 2. The van der Waals surface area contributed by atoms with Crippen LogP contribution in [0.15, 0.2) is 30.6 Å². The van der Waals surface area contributed by atoms with Crippen LogP contribution in [0, 0.1) is 10.1 Å². The Balaban J connectivity index is 1.94. The van der Waals surface area contributed by atoms with E-state index in [0.29, 0.717) is 11.5 Å². The Morgan fingerprint density at radius 1 is 1.22 bits per heavy atom. The zero-order valence-electron chi connectivity index (χ0n) is 15.7. The minimum atomic E-state index is -0.495. The second kappa shape index (κ2) is 8.17. The first-order valence-corrected chi connectivity index (χ1v) is 8.73. The highest BCUT2D eigenvalue weighted by Gasteiger charge is 2.31. The number of ether oxygens (including phenoxy) is 2. The van der Waals surface area contributed by atoms with Gasteiger partial charge in [0.2, 0.25) is 5.82 Å². The van der Waals surface area contributed by atoms with E-state index in [4.69, 9.17) is 9.47 Å². The van der Waals surface area contributed by atoms with Crippen molar-refractivity contribution < 1.29 is 14.4 Å². The van der Waals surface area contributed by atoms with Crippen molar-refractivity contribution in [3.8, 4) is 17.4 Å². The minimum Gasteiger partial charge on any atom is -0.493 e. The van der Waals surface area contributed by atoms with Gasteiger partial charge < -0.3 is 19.3 Å². The third-order valence-corrected chi connectivity index (χ3v) is 4.80. The van der Waals surface area contributed by atoms with Gasteiger partial charge in [0.15, 0.2) is 11.5 Å². The Labute approximate surface area is 157 Å². The van der Waals surface area contributed by atoms with Crippen LogP contribution in [0.25, 0.3) is 0 Å². The van der Waals surface area contributed by atoms with Gasteiger partial charge in [-0.1, -0.05) is 12.1 Å². The third kappa shape index (κ3) is 4.08. The average Bonchev–Trinajstić information content (AvgIpc) is 2.68. The Hall–Kier alpha value is -2.94. The molecule has 2 aromatic rings. The highest BCUT2D eigenvalue weighted by molar-refractivity contribution is 5.64. The maximum Gasteiger partial charge on any atom is 0.373 e. The van der Waals surface area contributed by atoms with Crippen LogP contribution in [0.4, 0.5) is 11.5 Å². The van der Waals surface area contributed by atoms with E-state index in [2.05, 4.69) is 21.9 Å². The highest BCUT2D eigenvalue weighted by atomic mass is 16.6. The van der Waals surface area contributed by atoms with Crippen molar-refractivity contribution in [1.29, 1.82) is 0 Å². The van der Waals surface area contributed by atoms with Crippen LogP contribution in [-0.4, -0.2) is 60.1 Å². The van der Waals surface area contributed by atoms with E-state index in [1.807, 2.05) is 11.9 Å². The van der Waals surface area contributed by atoms with Gasteiger partial charge in [-0.15, -0.1) is 0 Å². The lowest BCUT2D eigenvalue weighted by molar-refractivity contribution is -0.385. The molecule has 3 rings (SSSR count). The number of hydrogen-bond acceptors (Lipinski definition) is 8. The number of rotatable bonds is 6. The number of piperidine rings is 1. The fourth-order valence-corrected chi connectivity index (χ4v) is 3.21. The van der Waals surface area contributed by atoms with E-state index in [0.717, 1.165) is 25.9 Å². The Morgan fingerprint density at radius 3 is 2.52 bits per heavy atom. The lowest BCUT2D eigenvalue weighted by atomic mass is 10.0. The smallest absolute Gasteiger partial charge is 0.373 e. The molecule has 1 aliphatic heterocycles. The summed E-state index contributed by atoms with van der Waals surface area (Å²) in [6.07, 6.45) is 3.12. The predicted octanol–water partition coefficient (Wildman–Crippen LogP) is 2.72. The van der Waals surface area contributed by atoms with Gasteiger partial charge in [-0.05, 0) is 45.1 Å². The summed E-state index contributed by atoms with van der Waals surface area (Å²) in [6.45, 7) is 1.89. The van der Waals surface area contributed by atoms with Crippen LogP contribution < -0.4 is 14.4 Å². The molecule has 144 valence electrons. The maximum atomic E-state index is 11.8. The molecule has 2 heterocycles. The topological polar surface area (TPSA) is 93.9 Å². The predicted molar refractivity (Wildman–Crippen MR) is 101 cm³/mol. The Morgan fingerprint density at radius 2 is 1.89 bits per heavy atom. The van der Waals surface area contributed by atoms with Gasteiger partial charge in [0.05, 0.1) is 12.0 Å². The van der Waals surface area contributed by atoms with E-state index in [-0.39, 0.29) is 23.4 Å². The molecule has 0 aliphatic carbocycles. The second-order valence-electron chi connectivity index (χ2n) is 6.51. The zero-order valence-corrected chi connectivity index (χ0v) is 15.7. The first kappa shape index (κ1) is 18.8. The van der Waals surface area contributed by atoms with Crippen LogP contribution in [0.1, 0.15) is 12.8 Å². The van der Waals surface area contributed by atoms with Gasteiger partial charge in [-0.2, -0.15) is 4.98 Å². The van der Waals surface area contributed by atoms with Crippen molar-refractivity contribution in [2.45, 2.75) is 18.9 Å². The monoisotopic (exact) mass is 373 g/mol. The summed E-state index contributed by atoms with van der Waals surface area (Å²) < 4.78 is 11.0. The maximum absolute atomic E-state index is 11.8. The summed E-state index contributed by atoms with van der Waals surface area (Å²) >= 11 is 0. The Kier molecular flexibility index (Phi) is 5.70. The number of anilines is 1. The molecule has 0 N–H and O–H groups in total. The van der Waals surface area contributed by atoms with Crippen molar-refractivity contribution in [2.24, 2.45) is 0 Å². The lowest BCUT2D eigenvalue weighted by Crippen LogP contribution is -2.42. The van der Waals surface area contributed by atoms with Gasteiger partial charge in [0, 0.05) is 13.1 Å². The highest BCUT2D eigenvalue weighted by Crippen LogP contribution is 2.39. The molecule has 0 bridgehead atoms. The molecule has 1 saturated heterocycles. The van der Waals surface area contributed by atoms with Gasteiger partial charge >= 0.3 is 11.6 Å². The molecule has 9 nitrogen and oxygen atoms in total. The van der Waals surface area contributed by atoms with Gasteiger partial charge in [0.25, 0.3) is 0 Å². The van der Waals surface area contributed by atoms with Crippen molar-refractivity contribution in [3.63, 3.8) is 0 Å². The number of methoxy groups -OCH3 is 1. The van der Waals surface area contributed by atoms with E-state index in [1.54, 1.807) is 24.3 Å². The number of benzene rings is 1. The Bertz CT molecular complexity index is 808. The SMILES string of the molecule is COc1ccccc1Oc1ncnc(N(C)C2CCN(C)CC2)c1[N+](=O)[O-]. The molecule has 0 spiro atoms. The molecular weight excluding hydrogens is 350 g/mol. The van der Waals surface area contributed by atoms with Crippen molar-refractivity contribution >= 4 is 11.5 Å². The normalized spacial score (nSPS) is 15.4. The standard InChI is InChI=1S/C18H23N5O4/c1-21-10-8-13(9-11-21)22(2)17-16(23(24)25)18(20-12-19-17)27-15-7-5-4-6-14(15)26-3/h4-7,12-13H,8-11H2,1-3H3. The molecule has 0 atom stereocenters. The molecule has 0 amide bonds. The van der Waals surface area contributed by atoms with Crippen LogP contribution >= 0.6 is 0 Å². The summed E-state index contributed by atoms with van der Waals surface area (Å²) in [6, 6.07) is 7.11. The molecule has 1 aromatic heterocycles. The number of likely N-dealkylation sites (tertiary alicyclic amines) is 1. The first-order chi connectivity index (χ1) is 13.0. The molecule has 27 heavy (non-hydrogen) atoms. The molecule has 1 aromatic carbocycles. The zero-order chi connectivity index (χ0) is 19.4. The largest absolute Gasteiger partial charge is 0.493 e. The van der Waals surface area contributed by atoms with Crippen molar-refractivity contribution in [3.05, 3.63) is 40.7 Å². The lowest BCUT2D eigenvalue weighted by Gasteiger charge is -2.35. The molecule has 0 saturated carbocycles. The summed E-state index contributed by atoms with van der Waals surface area (Å²) in [5, 5.41) is 11.8. The average molecular weight is 373 g/mol. The number of aromatic nitrogens is 2. The molecule has 1 aliphatic rings. The van der Waals surface area contributed by atoms with E-state index in [9.17, 15) is 10.1 Å². The molecule has 1 fully saturated rings. The van der Waals surface area contributed by atoms with Crippen LogP contribution in [0.2, 0.25) is 0 Å². The number of nitrogens with zero attached hydrogens (tertiary/aromatic N) is 5. The molecule has 0 unspecified atom stereocenters. The van der Waals surface area contributed by atoms with Gasteiger partial charge in [-0.25, -0.2) is 4.98 Å². The number of nitro groups is 1. The van der Waals surface area contributed by atoms with Crippen LogP contribution in [0.3, 0.4) is 0 Å². The fraction of sp³-hybridized carbons (Fsp3) is 0.444. The van der Waals surface area contributed by atoms with Crippen molar-refractivity contribution in [2.75, 3.05) is 39.2 Å². The van der Waals surface area contributed by atoms with E-state index >= 15 is 0 Å². The van der Waals surface area contributed by atoms with Crippen LogP contribution in [-0.2, 0) is 0 Å². The number of hydrogen-bond donors (Lipinski definition) is 0. The van der Waals surface area contributed by atoms with Gasteiger partial charge in [-0.3, -0.25) is 10.1 Å². The molecular formula is C18H23N5O4. The quantitative estimate of drug-likeness (QED) is 0.563. The molecule has 0 radical (unpaired) electrons. The van der Waals surface area contributed by atoms with Crippen LogP contribution in [0.5, 0.6) is 17.4 Å². The fourth-order valence-electron chi connectivity index (χ4n) is 3.21. The van der Waals surface area contributed by atoms with Gasteiger partial charge in [0.1, 0.15) is 6.33 Å². The van der Waals surface area contributed by atoms with E-state index in [1.165, 1.54) is 13.4 Å². The molecule has 9 heteroatoms. The second-order valence-corrected chi connectivity index (χ2v) is 6.51. The van der Waals surface area contributed by atoms with E-state index < -0.39 is 4.92 Å². The summed E-state index contributed by atoms with van der Waals surface area (Å²) in [4.78, 5) is 23.6. The minimum absolute atomic E-state index is 0.103. The third-order valence-electron chi connectivity index (χ3n) is 4.80. The summed E-state index contributed by atoms with van der Waals surface area (Å²) in [7, 11) is 5.41. The first-order valence-electron chi connectivity index (χ1n) is 8.73. The van der Waals surface area contributed by atoms with Crippen molar-refractivity contribution in [1.82, 2.24) is 14.9 Å². The summed E-state index contributed by atoms with van der Waals surface area (Å²) in [5.41, 5.74) is -0.246. The summed E-state index contributed by atoms with van der Waals surface area (Å²) in [5.74, 6) is 0.981.